The van der Waals surface area contributed by atoms with Gasteiger partial charge in [-0.3, -0.25) is 19.3 Å². The first kappa shape index (κ1) is 14.4. The zero-order valence-electron chi connectivity index (χ0n) is 10.8. The lowest BCUT2D eigenvalue weighted by Crippen LogP contribution is -2.35. The Morgan fingerprint density at radius 2 is 2.20 bits per heavy atom. The number of carbonyl (C=O) groups excluding carboxylic acids is 2. The molecule has 1 saturated heterocycles. The number of aliphatic carboxylic acids is 1. The van der Waals surface area contributed by atoms with Gasteiger partial charge in [0, 0.05) is 12.2 Å². The minimum Gasteiger partial charge on any atom is -0.481 e. The third-order valence-electron chi connectivity index (χ3n) is 2.79. The summed E-state index contributed by atoms with van der Waals surface area (Å²) in [6, 6.07) is 7.47. The van der Waals surface area contributed by atoms with E-state index >= 15 is 0 Å². The molecule has 106 valence electrons. The molecule has 0 aromatic heterocycles. The van der Waals surface area contributed by atoms with E-state index in [0.29, 0.717) is 0 Å². The van der Waals surface area contributed by atoms with Crippen LogP contribution in [-0.4, -0.2) is 39.0 Å². The fourth-order valence-corrected chi connectivity index (χ4v) is 2.77. The van der Waals surface area contributed by atoms with Crippen molar-refractivity contribution in [2.75, 3.05) is 11.9 Å². The van der Waals surface area contributed by atoms with Crippen LogP contribution in [-0.2, 0) is 9.59 Å². The summed E-state index contributed by atoms with van der Waals surface area (Å²) in [5, 5.41) is 10.5. The molecular weight excluding hydrogens is 280 g/mol. The van der Waals surface area contributed by atoms with Gasteiger partial charge in [-0.05, 0) is 36.4 Å². The van der Waals surface area contributed by atoms with Gasteiger partial charge in [-0.1, -0.05) is 12.1 Å². The first-order chi connectivity index (χ1) is 9.47. The lowest BCUT2D eigenvalue weighted by molar-refractivity contribution is -0.137. The van der Waals surface area contributed by atoms with E-state index in [1.165, 1.54) is 0 Å². The molecule has 2 rings (SSSR count). The molecule has 0 bridgehead atoms. The third kappa shape index (κ3) is 3.30. The van der Waals surface area contributed by atoms with Crippen molar-refractivity contribution in [3.05, 3.63) is 29.8 Å². The Bertz CT molecular complexity index is 561. The van der Waals surface area contributed by atoms with E-state index in [2.05, 4.69) is 5.32 Å². The lowest BCUT2D eigenvalue weighted by Gasteiger charge is -2.14. The SMILES string of the molecule is Cc1cccc(N[C@H]2SC(=O)N(CCC(=O)O)C2=O)c1. The zero-order chi connectivity index (χ0) is 14.7. The van der Waals surface area contributed by atoms with Gasteiger partial charge in [0.1, 0.15) is 0 Å². The van der Waals surface area contributed by atoms with Crippen LogP contribution in [0.4, 0.5) is 10.5 Å². The zero-order valence-corrected chi connectivity index (χ0v) is 11.6. The van der Waals surface area contributed by atoms with E-state index in [0.717, 1.165) is 27.9 Å². The maximum absolute atomic E-state index is 12.0. The van der Waals surface area contributed by atoms with Crippen LogP contribution in [0.1, 0.15) is 12.0 Å². The standard InChI is InChI=1S/C13H14N2O4S/c1-8-3-2-4-9(7-8)14-11-12(18)15(13(19)20-11)6-5-10(16)17/h2-4,7,11,14H,5-6H2,1H3,(H,16,17)/t11-/m0/s1. The number of hydrogen-bond donors (Lipinski definition) is 2. The number of amides is 2. The second kappa shape index (κ2) is 5.96. The molecule has 0 spiro atoms. The summed E-state index contributed by atoms with van der Waals surface area (Å²) in [5.41, 5.74) is 1.79. The van der Waals surface area contributed by atoms with Crippen molar-refractivity contribution in [3.63, 3.8) is 0 Å². The summed E-state index contributed by atoms with van der Waals surface area (Å²) >= 11 is 0.868. The highest BCUT2D eigenvalue weighted by atomic mass is 32.2. The van der Waals surface area contributed by atoms with E-state index < -0.39 is 22.5 Å². The minimum absolute atomic E-state index is 0.0913. The van der Waals surface area contributed by atoms with Crippen molar-refractivity contribution in [2.24, 2.45) is 0 Å². The molecule has 0 saturated carbocycles. The second-order valence-corrected chi connectivity index (χ2v) is 5.47. The minimum atomic E-state index is -1.04. The summed E-state index contributed by atoms with van der Waals surface area (Å²) in [6.45, 7) is 1.84. The summed E-state index contributed by atoms with van der Waals surface area (Å²) in [4.78, 5) is 35.2. The summed E-state index contributed by atoms with van der Waals surface area (Å²) < 4.78 is 0. The topological polar surface area (TPSA) is 86.7 Å². The third-order valence-corrected chi connectivity index (χ3v) is 3.77. The molecule has 1 aliphatic rings. The molecule has 0 aliphatic carbocycles. The van der Waals surface area contributed by atoms with Crippen LogP contribution in [0.15, 0.2) is 24.3 Å². The van der Waals surface area contributed by atoms with Crippen LogP contribution in [0, 0.1) is 6.92 Å². The Morgan fingerprint density at radius 1 is 1.45 bits per heavy atom. The molecule has 1 aliphatic heterocycles. The van der Waals surface area contributed by atoms with Gasteiger partial charge < -0.3 is 10.4 Å². The van der Waals surface area contributed by atoms with Crippen molar-refractivity contribution >= 4 is 34.6 Å². The fraction of sp³-hybridized carbons (Fsp3) is 0.308. The Morgan fingerprint density at radius 3 is 2.85 bits per heavy atom. The molecule has 1 heterocycles. The van der Waals surface area contributed by atoms with Crippen LogP contribution in [0.3, 0.4) is 0 Å². The van der Waals surface area contributed by atoms with E-state index in [1.54, 1.807) is 0 Å². The van der Waals surface area contributed by atoms with Crippen molar-refractivity contribution in [1.82, 2.24) is 4.90 Å². The van der Waals surface area contributed by atoms with E-state index in [4.69, 9.17) is 5.11 Å². The Hall–Kier alpha value is -2.02. The molecule has 0 radical (unpaired) electrons. The van der Waals surface area contributed by atoms with Gasteiger partial charge in [0.15, 0.2) is 5.37 Å². The Kier molecular flexibility index (Phi) is 4.29. The molecule has 1 aromatic rings. The monoisotopic (exact) mass is 294 g/mol. The molecule has 7 heteroatoms. The Balaban J connectivity index is 2.02. The predicted octanol–water partition coefficient (Wildman–Crippen LogP) is 1.90. The van der Waals surface area contributed by atoms with Crippen LogP contribution in [0.5, 0.6) is 0 Å². The molecule has 20 heavy (non-hydrogen) atoms. The van der Waals surface area contributed by atoms with Crippen LogP contribution < -0.4 is 5.32 Å². The maximum Gasteiger partial charge on any atom is 0.305 e. The maximum atomic E-state index is 12.0. The normalized spacial score (nSPS) is 18.4. The highest BCUT2D eigenvalue weighted by molar-refractivity contribution is 8.15. The molecule has 6 nitrogen and oxygen atoms in total. The molecule has 0 unspecified atom stereocenters. The van der Waals surface area contributed by atoms with Crippen molar-refractivity contribution < 1.29 is 19.5 Å². The van der Waals surface area contributed by atoms with Gasteiger partial charge in [0.2, 0.25) is 0 Å². The summed E-state index contributed by atoms with van der Waals surface area (Å²) in [7, 11) is 0. The number of rotatable bonds is 5. The highest BCUT2D eigenvalue weighted by Gasteiger charge is 2.39. The number of carboxylic acid groups (broad SMARTS) is 1. The molecule has 2 N–H and O–H groups in total. The highest BCUT2D eigenvalue weighted by Crippen LogP contribution is 2.28. The van der Waals surface area contributed by atoms with Crippen LogP contribution in [0.2, 0.25) is 0 Å². The number of nitrogens with one attached hydrogen (secondary N) is 1. The summed E-state index contributed by atoms with van der Waals surface area (Å²) in [5.74, 6) is -1.44. The molecule has 1 fully saturated rings. The van der Waals surface area contributed by atoms with Crippen molar-refractivity contribution in [3.8, 4) is 0 Å². The largest absolute Gasteiger partial charge is 0.481 e. The summed E-state index contributed by atoms with van der Waals surface area (Å²) in [6.07, 6.45) is -0.241. The number of hydrogen-bond acceptors (Lipinski definition) is 5. The van der Waals surface area contributed by atoms with Gasteiger partial charge in [-0.15, -0.1) is 0 Å². The number of aryl methyl sites for hydroxylation is 1. The molecule has 1 aromatic carbocycles. The smallest absolute Gasteiger partial charge is 0.305 e. The average Bonchev–Trinajstić information content (AvgIpc) is 2.62. The quantitative estimate of drug-likeness (QED) is 0.862. The number of anilines is 1. The molecule has 2 amide bonds. The van der Waals surface area contributed by atoms with Gasteiger partial charge in [-0.2, -0.15) is 0 Å². The molecular formula is C13H14N2O4S. The van der Waals surface area contributed by atoms with Crippen molar-refractivity contribution in [1.29, 1.82) is 0 Å². The van der Waals surface area contributed by atoms with E-state index in [9.17, 15) is 14.4 Å². The number of nitrogens with zero attached hydrogens (tertiary/aromatic N) is 1. The first-order valence-electron chi connectivity index (χ1n) is 6.04. The molecule has 1 atom stereocenters. The van der Waals surface area contributed by atoms with Gasteiger partial charge in [0.05, 0.1) is 6.42 Å². The average molecular weight is 294 g/mol. The first-order valence-corrected chi connectivity index (χ1v) is 6.92. The number of carbonyl (C=O) groups is 3. The second-order valence-electron chi connectivity index (χ2n) is 4.41. The van der Waals surface area contributed by atoms with Gasteiger partial charge in [-0.25, -0.2) is 0 Å². The van der Waals surface area contributed by atoms with Gasteiger partial charge in [0.25, 0.3) is 11.1 Å². The van der Waals surface area contributed by atoms with Crippen LogP contribution >= 0.6 is 11.8 Å². The van der Waals surface area contributed by atoms with Crippen molar-refractivity contribution in [2.45, 2.75) is 18.7 Å². The number of thioether (sulfide) groups is 1. The van der Waals surface area contributed by atoms with Crippen LogP contribution in [0.25, 0.3) is 0 Å². The number of imide groups is 1. The van der Waals surface area contributed by atoms with E-state index in [1.807, 2.05) is 31.2 Å². The Labute approximate surface area is 120 Å². The number of benzene rings is 1. The number of carboxylic acids is 1. The van der Waals surface area contributed by atoms with Gasteiger partial charge >= 0.3 is 5.97 Å². The predicted molar refractivity (Wildman–Crippen MR) is 75.5 cm³/mol. The van der Waals surface area contributed by atoms with E-state index in [-0.39, 0.29) is 13.0 Å². The lowest BCUT2D eigenvalue weighted by atomic mass is 10.2. The fourth-order valence-electron chi connectivity index (χ4n) is 1.83.